The Balaban J connectivity index is 2.15. The van der Waals surface area contributed by atoms with E-state index in [1.807, 2.05) is 37.2 Å². The summed E-state index contributed by atoms with van der Waals surface area (Å²) in [7, 11) is 3.80. The first-order chi connectivity index (χ1) is 9.99. The highest BCUT2D eigenvalue weighted by molar-refractivity contribution is 5.49. The molecule has 0 bridgehead atoms. The van der Waals surface area contributed by atoms with E-state index in [0.717, 1.165) is 11.8 Å². The lowest BCUT2D eigenvalue weighted by Crippen LogP contribution is -2.08. The van der Waals surface area contributed by atoms with Gasteiger partial charge in [-0.2, -0.15) is 4.39 Å². The molecule has 0 amide bonds. The van der Waals surface area contributed by atoms with Crippen LogP contribution < -0.4 is 9.64 Å². The third-order valence-corrected chi connectivity index (χ3v) is 2.98. The van der Waals surface area contributed by atoms with Crippen LogP contribution >= 0.6 is 0 Å². The Hall–Kier alpha value is -2.63. The zero-order valence-corrected chi connectivity index (χ0v) is 11.7. The minimum absolute atomic E-state index is 0.0651. The molecule has 0 atom stereocenters. The van der Waals surface area contributed by atoms with Crippen molar-refractivity contribution in [3.63, 3.8) is 0 Å². The van der Waals surface area contributed by atoms with E-state index in [9.17, 15) is 14.5 Å². The highest BCUT2D eigenvalue weighted by Crippen LogP contribution is 2.23. The van der Waals surface area contributed by atoms with Crippen molar-refractivity contribution in [3.05, 3.63) is 64.0 Å². The number of nitrogens with zero attached hydrogens (tertiary/aromatic N) is 2. The van der Waals surface area contributed by atoms with Gasteiger partial charge in [0.05, 0.1) is 4.92 Å². The minimum atomic E-state index is -0.855. The molecule has 0 saturated heterocycles. The average Bonchev–Trinajstić information content (AvgIpc) is 2.46. The highest BCUT2D eigenvalue weighted by Gasteiger charge is 2.17. The van der Waals surface area contributed by atoms with E-state index in [1.165, 1.54) is 12.1 Å². The minimum Gasteiger partial charge on any atom is -0.489 e. The van der Waals surface area contributed by atoms with E-state index in [2.05, 4.69) is 0 Å². The molecule has 5 nitrogen and oxygen atoms in total. The quantitative estimate of drug-likeness (QED) is 0.625. The first kappa shape index (κ1) is 14.8. The Morgan fingerprint density at radius 3 is 2.62 bits per heavy atom. The lowest BCUT2D eigenvalue weighted by molar-refractivity contribution is -0.387. The van der Waals surface area contributed by atoms with Crippen molar-refractivity contribution in [1.29, 1.82) is 0 Å². The van der Waals surface area contributed by atoms with Gasteiger partial charge in [0, 0.05) is 37.5 Å². The van der Waals surface area contributed by atoms with Crippen molar-refractivity contribution in [2.24, 2.45) is 0 Å². The molecule has 0 fully saturated rings. The van der Waals surface area contributed by atoms with Gasteiger partial charge in [-0.15, -0.1) is 0 Å². The van der Waals surface area contributed by atoms with Gasteiger partial charge in [-0.25, -0.2) is 0 Å². The third kappa shape index (κ3) is 3.47. The first-order valence-electron chi connectivity index (χ1n) is 6.31. The van der Waals surface area contributed by atoms with E-state index in [0.29, 0.717) is 5.75 Å². The van der Waals surface area contributed by atoms with Crippen LogP contribution in [0.15, 0.2) is 42.5 Å². The van der Waals surface area contributed by atoms with Crippen LogP contribution in [0.5, 0.6) is 5.75 Å². The van der Waals surface area contributed by atoms with Crippen molar-refractivity contribution >= 4 is 11.4 Å². The van der Waals surface area contributed by atoms with Gasteiger partial charge < -0.3 is 9.64 Å². The maximum absolute atomic E-state index is 13.9. The summed E-state index contributed by atoms with van der Waals surface area (Å²) in [5.41, 5.74) is 0.560. The van der Waals surface area contributed by atoms with E-state index in [4.69, 9.17) is 4.74 Å². The first-order valence-corrected chi connectivity index (χ1v) is 6.31. The molecular formula is C15H15FN2O3. The molecule has 0 unspecified atom stereocenters. The molecule has 0 aliphatic rings. The Kier molecular flexibility index (Phi) is 4.37. The molecule has 0 saturated carbocycles. The number of hydrogen-bond donors (Lipinski definition) is 0. The van der Waals surface area contributed by atoms with Crippen LogP contribution in [0.1, 0.15) is 5.56 Å². The second kappa shape index (κ2) is 6.21. The SMILES string of the molecule is CN(C)c1cccc(OCc2cccc([N+](=O)[O-])c2F)c1. The van der Waals surface area contributed by atoms with Crippen LogP contribution in [-0.2, 0) is 6.61 Å². The van der Waals surface area contributed by atoms with E-state index in [-0.39, 0.29) is 12.2 Å². The van der Waals surface area contributed by atoms with Crippen LogP contribution in [0.3, 0.4) is 0 Å². The number of nitro benzene ring substituents is 1. The molecule has 0 aliphatic carbocycles. The molecule has 21 heavy (non-hydrogen) atoms. The molecule has 0 radical (unpaired) electrons. The zero-order valence-electron chi connectivity index (χ0n) is 11.7. The van der Waals surface area contributed by atoms with Crippen molar-refractivity contribution in [2.45, 2.75) is 6.61 Å². The summed E-state index contributed by atoms with van der Waals surface area (Å²) in [5, 5.41) is 10.7. The number of rotatable bonds is 5. The van der Waals surface area contributed by atoms with Crippen LogP contribution in [-0.4, -0.2) is 19.0 Å². The zero-order chi connectivity index (χ0) is 15.4. The van der Waals surface area contributed by atoms with Crippen LogP contribution in [0.2, 0.25) is 0 Å². The predicted octanol–water partition coefficient (Wildman–Crippen LogP) is 3.38. The van der Waals surface area contributed by atoms with Gasteiger partial charge in [0.15, 0.2) is 0 Å². The molecule has 2 aromatic carbocycles. The van der Waals surface area contributed by atoms with Crippen molar-refractivity contribution < 1.29 is 14.1 Å². The summed E-state index contributed by atoms with van der Waals surface area (Å²) in [6.07, 6.45) is 0. The van der Waals surface area contributed by atoms with E-state index < -0.39 is 16.4 Å². The topological polar surface area (TPSA) is 55.6 Å². The normalized spacial score (nSPS) is 10.2. The monoisotopic (exact) mass is 290 g/mol. The lowest BCUT2D eigenvalue weighted by Gasteiger charge is -2.14. The fraction of sp³-hybridized carbons (Fsp3) is 0.200. The second-order valence-electron chi connectivity index (χ2n) is 4.69. The maximum Gasteiger partial charge on any atom is 0.305 e. The fourth-order valence-corrected chi connectivity index (χ4v) is 1.83. The summed E-state index contributed by atoms with van der Waals surface area (Å²) in [4.78, 5) is 11.9. The van der Waals surface area contributed by atoms with Gasteiger partial charge in [-0.1, -0.05) is 18.2 Å². The number of ether oxygens (including phenoxy) is 1. The number of hydrogen-bond acceptors (Lipinski definition) is 4. The van der Waals surface area contributed by atoms with Gasteiger partial charge >= 0.3 is 5.69 Å². The average molecular weight is 290 g/mol. The Morgan fingerprint density at radius 1 is 1.24 bits per heavy atom. The van der Waals surface area contributed by atoms with Gasteiger partial charge in [-0.05, 0) is 12.1 Å². The molecule has 2 rings (SSSR count). The maximum atomic E-state index is 13.9. The summed E-state index contributed by atoms with van der Waals surface area (Å²) in [6.45, 7) is -0.0651. The molecule has 6 heteroatoms. The largest absolute Gasteiger partial charge is 0.489 e. The van der Waals surface area contributed by atoms with Crippen molar-refractivity contribution in [1.82, 2.24) is 0 Å². The highest BCUT2D eigenvalue weighted by atomic mass is 19.1. The second-order valence-corrected chi connectivity index (χ2v) is 4.69. The van der Waals surface area contributed by atoms with Gasteiger partial charge in [0.1, 0.15) is 12.4 Å². The summed E-state index contributed by atoms with van der Waals surface area (Å²) >= 11 is 0. The Morgan fingerprint density at radius 2 is 1.95 bits per heavy atom. The molecule has 0 aliphatic heterocycles. The van der Waals surface area contributed by atoms with Gasteiger partial charge in [0.25, 0.3) is 0 Å². The number of nitro groups is 1. The fourth-order valence-electron chi connectivity index (χ4n) is 1.83. The molecule has 0 aromatic heterocycles. The summed E-state index contributed by atoms with van der Waals surface area (Å²) in [5.74, 6) is -0.279. The van der Waals surface area contributed by atoms with Crippen molar-refractivity contribution in [3.8, 4) is 5.75 Å². The number of halogens is 1. The standard InChI is InChI=1S/C15H15FN2O3/c1-17(2)12-6-4-7-13(9-12)21-10-11-5-3-8-14(15(11)16)18(19)20/h3-9H,10H2,1-2H3. The molecule has 110 valence electrons. The van der Waals surface area contributed by atoms with Crippen LogP contribution in [0.25, 0.3) is 0 Å². The smallest absolute Gasteiger partial charge is 0.305 e. The third-order valence-electron chi connectivity index (χ3n) is 2.98. The van der Waals surface area contributed by atoms with Crippen LogP contribution in [0.4, 0.5) is 15.8 Å². The Bertz CT molecular complexity index is 659. The number of benzene rings is 2. The molecular weight excluding hydrogens is 275 g/mol. The molecule has 0 heterocycles. The number of anilines is 1. The molecule has 0 spiro atoms. The molecule has 2 aromatic rings. The summed E-state index contributed by atoms with van der Waals surface area (Å²) < 4.78 is 19.4. The van der Waals surface area contributed by atoms with Gasteiger partial charge in [0.2, 0.25) is 5.82 Å². The predicted molar refractivity (Wildman–Crippen MR) is 78.2 cm³/mol. The van der Waals surface area contributed by atoms with E-state index >= 15 is 0 Å². The molecule has 0 N–H and O–H groups in total. The Labute approximate surface area is 121 Å². The summed E-state index contributed by atoms with van der Waals surface area (Å²) in [6, 6.07) is 11.4. The van der Waals surface area contributed by atoms with Crippen molar-refractivity contribution in [2.75, 3.05) is 19.0 Å². The van der Waals surface area contributed by atoms with Gasteiger partial charge in [-0.3, -0.25) is 10.1 Å². The van der Waals surface area contributed by atoms with E-state index in [1.54, 1.807) is 6.07 Å². The lowest BCUT2D eigenvalue weighted by atomic mass is 10.2. The van der Waals surface area contributed by atoms with Crippen LogP contribution in [0, 0.1) is 15.9 Å².